The first-order chi connectivity index (χ1) is 8.65. The number of carbonyl (C=O) groups excluding carboxylic acids is 1. The van der Waals surface area contributed by atoms with Crippen molar-refractivity contribution in [2.75, 3.05) is 6.54 Å². The molecule has 0 unspecified atom stereocenters. The van der Waals surface area contributed by atoms with Crippen LogP contribution in [0.1, 0.15) is 71.6 Å². The molecular formula is C15H31ClN2O. The van der Waals surface area contributed by atoms with Gasteiger partial charge >= 0.3 is 0 Å². The van der Waals surface area contributed by atoms with Crippen molar-refractivity contribution >= 4 is 18.3 Å². The molecule has 0 atom stereocenters. The summed E-state index contributed by atoms with van der Waals surface area (Å²) in [7, 11) is 0. The van der Waals surface area contributed by atoms with E-state index in [-0.39, 0.29) is 23.9 Å². The number of rotatable bonds is 8. The number of amides is 1. The molecule has 0 aromatic carbocycles. The zero-order valence-corrected chi connectivity index (χ0v) is 13.4. The second-order valence-electron chi connectivity index (χ2n) is 5.78. The van der Waals surface area contributed by atoms with E-state index < -0.39 is 0 Å². The molecule has 0 aromatic rings. The van der Waals surface area contributed by atoms with Gasteiger partial charge in [0.2, 0.25) is 5.91 Å². The van der Waals surface area contributed by atoms with Gasteiger partial charge in [-0.1, -0.05) is 39.5 Å². The van der Waals surface area contributed by atoms with E-state index in [9.17, 15) is 4.79 Å². The first-order valence-electron chi connectivity index (χ1n) is 7.67. The second kappa shape index (κ2) is 9.60. The van der Waals surface area contributed by atoms with Gasteiger partial charge in [-0.05, 0) is 31.6 Å². The number of halogens is 1. The molecule has 1 amide bonds. The summed E-state index contributed by atoms with van der Waals surface area (Å²) in [4.78, 5) is 11.9. The van der Waals surface area contributed by atoms with Crippen LogP contribution in [0.5, 0.6) is 0 Å². The third-order valence-electron chi connectivity index (χ3n) is 4.64. The van der Waals surface area contributed by atoms with Crippen molar-refractivity contribution in [2.45, 2.75) is 77.2 Å². The predicted octanol–water partition coefficient (Wildman–Crippen LogP) is 3.40. The molecule has 1 aliphatic carbocycles. The molecule has 0 aliphatic heterocycles. The lowest BCUT2D eigenvalue weighted by atomic mass is 9.92. The minimum absolute atomic E-state index is 0. The number of hydrogen-bond acceptors (Lipinski definition) is 2. The summed E-state index contributed by atoms with van der Waals surface area (Å²) in [6, 6.07) is 0. The summed E-state index contributed by atoms with van der Waals surface area (Å²) in [5.74, 6) is 1.07. The summed E-state index contributed by atoms with van der Waals surface area (Å²) in [6.45, 7) is 4.72. The van der Waals surface area contributed by atoms with Crippen LogP contribution in [-0.4, -0.2) is 18.0 Å². The molecule has 0 saturated heterocycles. The molecule has 114 valence electrons. The van der Waals surface area contributed by atoms with Crippen LogP contribution < -0.4 is 11.1 Å². The molecule has 1 rings (SSSR count). The van der Waals surface area contributed by atoms with E-state index in [0.29, 0.717) is 13.0 Å². The van der Waals surface area contributed by atoms with E-state index in [4.69, 9.17) is 5.73 Å². The average molecular weight is 291 g/mol. The lowest BCUT2D eigenvalue weighted by Gasteiger charge is -2.31. The van der Waals surface area contributed by atoms with Crippen molar-refractivity contribution in [3.05, 3.63) is 0 Å². The number of nitrogens with one attached hydrogen (secondary N) is 1. The average Bonchev–Trinajstić information content (AvgIpc) is 2.89. The molecule has 1 fully saturated rings. The highest BCUT2D eigenvalue weighted by Gasteiger charge is 2.26. The molecule has 0 aromatic heterocycles. The van der Waals surface area contributed by atoms with Crippen molar-refractivity contribution in [3.8, 4) is 0 Å². The second-order valence-corrected chi connectivity index (χ2v) is 5.78. The Morgan fingerprint density at radius 1 is 1.26 bits per heavy atom. The van der Waals surface area contributed by atoms with Crippen LogP contribution in [0.4, 0.5) is 0 Å². The van der Waals surface area contributed by atoms with Gasteiger partial charge in [0.15, 0.2) is 0 Å². The summed E-state index contributed by atoms with van der Waals surface area (Å²) >= 11 is 0. The Morgan fingerprint density at radius 2 is 1.84 bits per heavy atom. The van der Waals surface area contributed by atoms with E-state index in [2.05, 4.69) is 19.2 Å². The van der Waals surface area contributed by atoms with Crippen LogP contribution in [-0.2, 0) is 4.79 Å². The van der Waals surface area contributed by atoms with Gasteiger partial charge in [-0.25, -0.2) is 0 Å². The van der Waals surface area contributed by atoms with Gasteiger partial charge in [-0.2, -0.15) is 0 Å². The highest BCUT2D eigenvalue weighted by molar-refractivity contribution is 5.85. The Bertz CT molecular complexity index is 240. The normalized spacial score (nSPS) is 16.2. The van der Waals surface area contributed by atoms with Crippen LogP contribution in [0, 0.1) is 5.92 Å². The maximum atomic E-state index is 11.9. The Hall–Kier alpha value is -0.280. The molecule has 3 nitrogen and oxygen atoms in total. The van der Waals surface area contributed by atoms with Gasteiger partial charge in [0.1, 0.15) is 0 Å². The number of nitrogens with two attached hydrogens (primary N) is 1. The van der Waals surface area contributed by atoms with Gasteiger partial charge < -0.3 is 11.1 Å². The van der Waals surface area contributed by atoms with Gasteiger partial charge in [0.25, 0.3) is 0 Å². The summed E-state index contributed by atoms with van der Waals surface area (Å²) < 4.78 is 0. The van der Waals surface area contributed by atoms with E-state index in [1.54, 1.807) is 0 Å². The molecule has 0 bridgehead atoms. The Labute approximate surface area is 124 Å². The van der Waals surface area contributed by atoms with Crippen LogP contribution in [0.25, 0.3) is 0 Å². The first-order valence-corrected chi connectivity index (χ1v) is 7.67. The Balaban J connectivity index is 0.00000324. The molecule has 0 spiro atoms. The van der Waals surface area contributed by atoms with Crippen molar-refractivity contribution in [2.24, 2.45) is 11.7 Å². The fourth-order valence-electron chi connectivity index (χ4n) is 2.98. The summed E-state index contributed by atoms with van der Waals surface area (Å²) in [5.41, 5.74) is 5.61. The smallest absolute Gasteiger partial charge is 0.220 e. The van der Waals surface area contributed by atoms with Gasteiger partial charge in [-0.15, -0.1) is 12.4 Å². The molecular weight excluding hydrogens is 260 g/mol. The van der Waals surface area contributed by atoms with Crippen molar-refractivity contribution in [1.29, 1.82) is 0 Å². The standard InChI is InChI=1S/C15H30N2O.ClH/c1-3-15(4-2,12-16)17-14(18)11-7-10-13-8-5-6-9-13;/h13H,3-12,16H2,1-2H3,(H,17,18);1H. The zero-order valence-electron chi connectivity index (χ0n) is 12.5. The van der Waals surface area contributed by atoms with Crippen molar-refractivity contribution in [1.82, 2.24) is 5.32 Å². The van der Waals surface area contributed by atoms with Gasteiger partial charge in [0.05, 0.1) is 5.54 Å². The maximum absolute atomic E-state index is 11.9. The van der Waals surface area contributed by atoms with E-state index >= 15 is 0 Å². The molecule has 4 heteroatoms. The zero-order chi connectivity index (χ0) is 13.4. The first kappa shape index (κ1) is 18.7. The van der Waals surface area contributed by atoms with Crippen LogP contribution >= 0.6 is 12.4 Å². The van der Waals surface area contributed by atoms with Crippen molar-refractivity contribution in [3.63, 3.8) is 0 Å². The van der Waals surface area contributed by atoms with Crippen LogP contribution in [0.15, 0.2) is 0 Å². The fraction of sp³-hybridized carbons (Fsp3) is 0.933. The minimum Gasteiger partial charge on any atom is -0.349 e. The summed E-state index contributed by atoms with van der Waals surface area (Å²) in [5, 5.41) is 3.14. The monoisotopic (exact) mass is 290 g/mol. The fourth-order valence-corrected chi connectivity index (χ4v) is 2.98. The van der Waals surface area contributed by atoms with Crippen LogP contribution in [0.2, 0.25) is 0 Å². The predicted molar refractivity (Wildman–Crippen MR) is 83.6 cm³/mol. The quantitative estimate of drug-likeness (QED) is 0.720. The minimum atomic E-state index is -0.176. The molecule has 1 saturated carbocycles. The third-order valence-corrected chi connectivity index (χ3v) is 4.64. The lowest BCUT2D eigenvalue weighted by molar-refractivity contribution is -0.123. The molecule has 3 N–H and O–H groups in total. The van der Waals surface area contributed by atoms with E-state index in [1.165, 1.54) is 32.1 Å². The lowest BCUT2D eigenvalue weighted by Crippen LogP contribution is -2.52. The molecule has 0 heterocycles. The molecule has 0 radical (unpaired) electrons. The Morgan fingerprint density at radius 3 is 2.32 bits per heavy atom. The highest BCUT2D eigenvalue weighted by Crippen LogP contribution is 2.28. The highest BCUT2D eigenvalue weighted by atomic mass is 35.5. The van der Waals surface area contributed by atoms with E-state index in [0.717, 1.165) is 25.2 Å². The number of carbonyl (C=O) groups is 1. The molecule has 19 heavy (non-hydrogen) atoms. The van der Waals surface area contributed by atoms with Gasteiger partial charge in [0, 0.05) is 13.0 Å². The maximum Gasteiger partial charge on any atom is 0.220 e. The largest absolute Gasteiger partial charge is 0.349 e. The van der Waals surface area contributed by atoms with E-state index in [1.807, 2.05) is 0 Å². The topological polar surface area (TPSA) is 55.1 Å². The molecule has 1 aliphatic rings. The van der Waals surface area contributed by atoms with Crippen LogP contribution in [0.3, 0.4) is 0 Å². The Kier molecular flexibility index (Phi) is 9.46. The number of hydrogen-bond donors (Lipinski definition) is 2. The summed E-state index contributed by atoms with van der Waals surface area (Å²) in [6.07, 6.45) is 10.3. The SMILES string of the molecule is CCC(CC)(CN)NC(=O)CCCC1CCCC1.Cl. The third kappa shape index (κ3) is 6.13. The van der Waals surface area contributed by atoms with Crippen molar-refractivity contribution < 1.29 is 4.79 Å². The van der Waals surface area contributed by atoms with Gasteiger partial charge in [-0.3, -0.25) is 4.79 Å².